The first kappa shape index (κ1) is 18.4. The number of nitrogens with zero attached hydrogens (tertiary/aromatic N) is 4. The second-order valence-corrected chi connectivity index (χ2v) is 7.74. The summed E-state index contributed by atoms with van der Waals surface area (Å²) in [6, 6.07) is 2.14. The van der Waals surface area contributed by atoms with Crippen LogP contribution in [0.25, 0.3) is 10.2 Å². The normalized spacial score (nSPS) is 19.3. The monoisotopic (exact) mass is 398 g/mol. The van der Waals surface area contributed by atoms with Crippen molar-refractivity contribution in [3.8, 4) is 5.88 Å². The molecule has 0 radical (unpaired) electrons. The second-order valence-electron chi connectivity index (χ2n) is 6.82. The zero-order valence-corrected chi connectivity index (χ0v) is 16.4. The van der Waals surface area contributed by atoms with Crippen molar-refractivity contribution >= 4 is 39.1 Å². The average Bonchev–Trinajstić information content (AvgIpc) is 3.32. The molecular weight excluding hydrogens is 376 g/mol. The number of carbonyl (C=O) groups excluding carboxylic acids is 1. The van der Waals surface area contributed by atoms with Gasteiger partial charge < -0.3 is 15.4 Å². The van der Waals surface area contributed by atoms with Gasteiger partial charge in [0, 0.05) is 19.3 Å². The predicted molar refractivity (Wildman–Crippen MR) is 109 cm³/mol. The largest absolute Gasteiger partial charge is 0.473 e. The first-order chi connectivity index (χ1) is 13.6. The number of carbonyl (C=O) groups is 1. The lowest BCUT2D eigenvalue weighted by atomic mass is 9.93. The Balaban J connectivity index is 1.47. The number of fused-ring (bicyclic) bond motifs is 1. The fraction of sp³-hybridized carbons (Fsp3) is 0.368. The molecule has 0 aliphatic heterocycles. The molecule has 9 heteroatoms. The number of hydrogen-bond acceptors (Lipinski definition) is 7. The third-order valence-corrected chi connectivity index (χ3v) is 5.61. The molecule has 3 aromatic rings. The Morgan fingerprint density at radius 1 is 1.36 bits per heavy atom. The van der Waals surface area contributed by atoms with Gasteiger partial charge in [-0.1, -0.05) is 6.58 Å². The van der Waals surface area contributed by atoms with E-state index in [0.29, 0.717) is 11.8 Å². The molecule has 1 saturated carbocycles. The van der Waals surface area contributed by atoms with Crippen molar-refractivity contribution in [1.82, 2.24) is 25.1 Å². The first-order valence-electron chi connectivity index (χ1n) is 9.21. The van der Waals surface area contributed by atoms with Crippen molar-refractivity contribution in [1.29, 1.82) is 0 Å². The van der Waals surface area contributed by atoms with Crippen LogP contribution in [0.3, 0.4) is 0 Å². The molecule has 0 aromatic carbocycles. The molecule has 0 spiro atoms. The molecule has 146 valence electrons. The molecule has 1 aliphatic rings. The van der Waals surface area contributed by atoms with Crippen molar-refractivity contribution in [3.63, 3.8) is 0 Å². The Hall–Kier alpha value is -2.94. The SMILES string of the molecule is C=CC(=O)N[C@H]1CC[C@@H](Oc2nc(Nc3cnn(C)c3)nc3ccsc23)CC1. The number of hydrogen-bond donors (Lipinski definition) is 2. The summed E-state index contributed by atoms with van der Waals surface area (Å²) in [5.41, 5.74) is 1.68. The van der Waals surface area contributed by atoms with E-state index in [9.17, 15) is 4.79 Å². The molecule has 3 heterocycles. The van der Waals surface area contributed by atoms with E-state index in [0.717, 1.165) is 41.6 Å². The lowest BCUT2D eigenvalue weighted by Crippen LogP contribution is -2.39. The molecule has 4 rings (SSSR count). The van der Waals surface area contributed by atoms with E-state index in [-0.39, 0.29) is 18.1 Å². The van der Waals surface area contributed by atoms with E-state index in [4.69, 9.17) is 4.74 Å². The van der Waals surface area contributed by atoms with E-state index in [2.05, 4.69) is 32.3 Å². The van der Waals surface area contributed by atoms with Crippen LogP contribution in [0.1, 0.15) is 25.7 Å². The zero-order chi connectivity index (χ0) is 19.5. The van der Waals surface area contributed by atoms with Crippen molar-refractivity contribution in [2.24, 2.45) is 7.05 Å². The lowest BCUT2D eigenvalue weighted by Gasteiger charge is -2.29. The fourth-order valence-corrected chi connectivity index (χ4v) is 4.09. The highest BCUT2D eigenvalue weighted by Gasteiger charge is 2.24. The van der Waals surface area contributed by atoms with E-state index in [1.54, 1.807) is 22.2 Å². The van der Waals surface area contributed by atoms with Gasteiger partial charge in [-0.25, -0.2) is 4.98 Å². The number of rotatable bonds is 6. The van der Waals surface area contributed by atoms with Crippen LogP contribution >= 0.6 is 11.3 Å². The second kappa shape index (κ2) is 7.97. The van der Waals surface area contributed by atoms with Crippen LogP contribution in [-0.2, 0) is 11.8 Å². The van der Waals surface area contributed by atoms with Gasteiger partial charge >= 0.3 is 0 Å². The molecule has 1 amide bonds. The summed E-state index contributed by atoms with van der Waals surface area (Å²) in [7, 11) is 1.86. The molecule has 8 nitrogen and oxygen atoms in total. The Bertz CT molecular complexity index is 989. The molecule has 0 saturated heterocycles. The third kappa shape index (κ3) is 4.14. The summed E-state index contributed by atoms with van der Waals surface area (Å²) >= 11 is 1.57. The molecule has 0 unspecified atom stereocenters. The number of nitrogens with one attached hydrogen (secondary N) is 2. The predicted octanol–water partition coefficient (Wildman–Crippen LogP) is 3.16. The number of amides is 1. The Labute approximate surface area is 166 Å². The van der Waals surface area contributed by atoms with Crippen LogP contribution in [0.2, 0.25) is 0 Å². The van der Waals surface area contributed by atoms with E-state index in [1.807, 2.05) is 24.7 Å². The summed E-state index contributed by atoms with van der Waals surface area (Å²) in [6.45, 7) is 3.50. The number of anilines is 2. The standard InChI is InChI=1S/C19H22N6O2S/c1-3-16(26)21-12-4-6-14(7-5-12)27-18-17-15(8-9-28-17)23-19(24-18)22-13-10-20-25(2)11-13/h3,8-12,14H,1,4-7H2,2H3,(H,21,26)(H,22,23,24)/t12-,14+. The lowest BCUT2D eigenvalue weighted by molar-refractivity contribution is -0.117. The van der Waals surface area contributed by atoms with Gasteiger partial charge in [-0.05, 0) is 43.2 Å². The van der Waals surface area contributed by atoms with E-state index < -0.39 is 0 Å². The summed E-state index contributed by atoms with van der Waals surface area (Å²) < 4.78 is 8.91. The number of ether oxygens (including phenoxy) is 1. The van der Waals surface area contributed by atoms with Crippen LogP contribution in [0.4, 0.5) is 11.6 Å². The zero-order valence-electron chi connectivity index (χ0n) is 15.6. The smallest absolute Gasteiger partial charge is 0.243 e. The maximum Gasteiger partial charge on any atom is 0.243 e. The van der Waals surface area contributed by atoms with Crippen molar-refractivity contribution < 1.29 is 9.53 Å². The van der Waals surface area contributed by atoms with Gasteiger partial charge in [-0.2, -0.15) is 10.1 Å². The van der Waals surface area contributed by atoms with Gasteiger partial charge in [-0.3, -0.25) is 9.48 Å². The molecule has 3 aromatic heterocycles. The van der Waals surface area contributed by atoms with Crippen LogP contribution in [-0.4, -0.2) is 37.8 Å². The number of thiophene rings is 1. The molecular formula is C19H22N6O2S. The van der Waals surface area contributed by atoms with Crippen molar-refractivity contribution in [3.05, 3.63) is 36.5 Å². The molecule has 28 heavy (non-hydrogen) atoms. The van der Waals surface area contributed by atoms with Crippen molar-refractivity contribution in [2.75, 3.05) is 5.32 Å². The highest BCUT2D eigenvalue weighted by molar-refractivity contribution is 7.17. The van der Waals surface area contributed by atoms with Gasteiger partial charge in [0.25, 0.3) is 0 Å². The molecule has 1 aliphatic carbocycles. The average molecular weight is 398 g/mol. The number of aryl methyl sites for hydroxylation is 1. The quantitative estimate of drug-likeness (QED) is 0.620. The summed E-state index contributed by atoms with van der Waals surface area (Å²) in [5.74, 6) is 0.970. The van der Waals surface area contributed by atoms with Crippen LogP contribution in [0, 0.1) is 0 Å². The Morgan fingerprint density at radius 2 is 2.18 bits per heavy atom. The highest BCUT2D eigenvalue weighted by atomic mass is 32.1. The van der Waals surface area contributed by atoms with Gasteiger partial charge in [0.1, 0.15) is 10.8 Å². The van der Waals surface area contributed by atoms with Gasteiger partial charge in [-0.15, -0.1) is 11.3 Å². The fourth-order valence-electron chi connectivity index (χ4n) is 3.33. The minimum atomic E-state index is -0.119. The molecule has 0 bridgehead atoms. The number of aromatic nitrogens is 4. The Kier molecular flexibility index (Phi) is 5.25. The van der Waals surface area contributed by atoms with Crippen molar-refractivity contribution in [2.45, 2.75) is 37.8 Å². The summed E-state index contributed by atoms with van der Waals surface area (Å²) in [5, 5.41) is 12.3. The topological polar surface area (TPSA) is 94.0 Å². The first-order valence-corrected chi connectivity index (χ1v) is 10.1. The molecule has 1 fully saturated rings. The Morgan fingerprint density at radius 3 is 2.89 bits per heavy atom. The van der Waals surface area contributed by atoms with Gasteiger partial charge in [0.15, 0.2) is 0 Å². The molecule has 2 N–H and O–H groups in total. The van der Waals surface area contributed by atoms with E-state index >= 15 is 0 Å². The van der Waals surface area contributed by atoms with E-state index in [1.165, 1.54) is 6.08 Å². The summed E-state index contributed by atoms with van der Waals surface area (Å²) in [6.07, 6.45) is 8.46. The highest BCUT2D eigenvalue weighted by Crippen LogP contribution is 2.32. The van der Waals surface area contributed by atoms with Crippen LogP contribution in [0.15, 0.2) is 36.5 Å². The van der Waals surface area contributed by atoms with Crippen LogP contribution < -0.4 is 15.4 Å². The van der Waals surface area contributed by atoms with Crippen LogP contribution in [0.5, 0.6) is 5.88 Å². The molecule has 0 atom stereocenters. The maximum absolute atomic E-state index is 11.5. The van der Waals surface area contributed by atoms with Gasteiger partial charge in [0.2, 0.25) is 17.7 Å². The maximum atomic E-state index is 11.5. The third-order valence-electron chi connectivity index (χ3n) is 4.72. The summed E-state index contributed by atoms with van der Waals surface area (Å²) in [4.78, 5) is 20.6. The minimum absolute atomic E-state index is 0.0725. The van der Waals surface area contributed by atoms with Gasteiger partial charge in [0.05, 0.1) is 17.4 Å². The minimum Gasteiger partial charge on any atom is -0.473 e.